The molecule has 2 aromatic heterocycles. The van der Waals surface area contributed by atoms with Gasteiger partial charge in [0.25, 0.3) is 0 Å². The predicted molar refractivity (Wildman–Crippen MR) is 116 cm³/mol. The van der Waals surface area contributed by atoms with Crippen LogP contribution < -0.4 is 5.32 Å². The van der Waals surface area contributed by atoms with Crippen LogP contribution in [-0.2, 0) is 0 Å². The fraction of sp³-hybridized carbons (Fsp3) is 0.273. The van der Waals surface area contributed by atoms with Crippen molar-refractivity contribution in [3.63, 3.8) is 0 Å². The summed E-state index contributed by atoms with van der Waals surface area (Å²) in [6, 6.07) is 16.5. The molecule has 0 radical (unpaired) electrons. The smallest absolute Gasteiger partial charge is 0.170 e. The summed E-state index contributed by atoms with van der Waals surface area (Å²) in [5.41, 5.74) is 2.94. The topological polar surface area (TPSA) is 36.3 Å². The fourth-order valence-corrected chi connectivity index (χ4v) is 4.08. The molecule has 29 heavy (non-hydrogen) atoms. The Morgan fingerprint density at radius 2 is 1.90 bits per heavy atom. The van der Waals surface area contributed by atoms with Crippen LogP contribution in [0.3, 0.4) is 0 Å². The van der Waals surface area contributed by atoms with Crippen LogP contribution in [0.25, 0.3) is 5.69 Å². The van der Waals surface area contributed by atoms with E-state index in [1.807, 2.05) is 30.5 Å². The summed E-state index contributed by atoms with van der Waals surface area (Å²) >= 11 is 5.71. The van der Waals surface area contributed by atoms with Crippen molar-refractivity contribution in [2.75, 3.05) is 27.2 Å². The normalized spacial score (nSPS) is 19.0. The molecular formula is C22H24FN5S. The highest BCUT2D eigenvalue weighted by Gasteiger charge is 2.41. The van der Waals surface area contributed by atoms with E-state index in [4.69, 9.17) is 12.2 Å². The molecule has 4 rings (SSSR count). The summed E-state index contributed by atoms with van der Waals surface area (Å²) < 4.78 is 15.5. The van der Waals surface area contributed by atoms with E-state index in [-0.39, 0.29) is 17.9 Å². The van der Waals surface area contributed by atoms with Gasteiger partial charge in [-0.15, -0.1) is 0 Å². The molecule has 0 bridgehead atoms. The molecule has 7 heteroatoms. The Kier molecular flexibility index (Phi) is 5.60. The number of aromatic nitrogens is 2. The van der Waals surface area contributed by atoms with Crippen LogP contribution in [-0.4, -0.2) is 51.6 Å². The molecular weight excluding hydrogens is 385 g/mol. The molecule has 5 nitrogen and oxygen atoms in total. The van der Waals surface area contributed by atoms with Gasteiger partial charge in [-0.2, -0.15) is 0 Å². The molecule has 0 spiro atoms. The third kappa shape index (κ3) is 4.02. The van der Waals surface area contributed by atoms with E-state index in [1.54, 1.807) is 18.3 Å². The monoisotopic (exact) mass is 409 g/mol. The molecule has 1 N–H and O–H groups in total. The molecule has 0 aliphatic carbocycles. The summed E-state index contributed by atoms with van der Waals surface area (Å²) in [5, 5.41) is 4.19. The van der Waals surface area contributed by atoms with Crippen LogP contribution in [0.2, 0.25) is 0 Å². The first-order valence-corrected chi connectivity index (χ1v) is 10.0. The summed E-state index contributed by atoms with van der Waals surface area (Å²) in [7, 11) is 4.11. The highest BCUT2D eigenvalue weighted by atomic mass is 32.1. The first kappa shape index (κ1) is 19.5. The molecule has 0 saturated carbocycles. The van der Waals surface area contributed by atoms with E-state index in [9.17, 15) is 4.39 Å². The van der Waals surface area contributed by atoms with Crippen LogP contribution in [0.15, 0.2) is 67.0 Å². The van der Waals surface area contributed by atoms with Crippen LogP contribution in [0.4, 0.5) is 4.39 Å². The molecule has 1 aliphatic heterocycles. The lowest BCUT2D eigenvalue weighted by atomic mass is 10.0. The van der Waals surface area contributed by atoms with Crippen molar-refractivity contribution in [3.8, 4) is 5.69 Å². The number of nitrogens with zero attached hydrogens (tertiary/aromatic N) is 4. The summed E-state index contributed by atoms with van der Waals surface area (Å²) in [5.74, 6) is -0.245. The minimum absolute atomic E-state index is 0.0302. The molecule has 2 atom stereocenters. The second-order valence-electron chi connectivity index (χ2n) is 7.40. The molecule has 3 heterocycles. The van der Waals surface area contributed by atoms with Crippen molar-refractivity contribution in [2.45, 2.75) is 12.1 Å². The Balaban J connectivity index is 1.77. The highest BCUT2D eigenvalue weighted by Crippen LogP contribution is 2.39. The number of hydrogen-bond donors (Lipinski definition) is 1. The molecule has 0 amide bonds. The first-order valence-electron chi connectivity index (χ1n) is 9.60. The molecule has 150 valence electrons. The number of pyridine rings is 1. The Morgan fingerprint density at radius 3 is 2.59 bits per heavy atom. The van der Waals surface area contributed by atoms with E-state index in [1.165, 1.54) is 12.1 Å². The molecule has 1 aliphatic rings. The highest BCUT2D eigenvalue weighted by molar-refractivity contribution is 7.80. The predicted octanol–water partition coefficient (Wildman–Crippen LogP) is 3.55. The maximum atomic E-state index is 13.4. The fourth-order valence-electron chi connectivity index (χ4n) is 3.75. The Bertz CT molecular complexity index is 970. The summed E-state index contributed by atoms with van der Waals surface area (Å²) in [4.78, 5) is 8.95. The molecule has 0 unspecified atom stereocenters. The largest absolute Gasteiger partial charge is 0.352 e. The molecule has 3 aromatic rings. The van der Waals surface area contributed by atoms with Crippen molar-refractivity contribution in [1.29, 1.82) is 0 Å². The van der Waals surface area contributed by atoms with Gasteiger partial charge in [0.1, 0.15) is 5.82 Å². The van der Waals surface area contributed by atoms with Gasteiger partial charge in [-0.1, -0.05) is 6.07 Å². The Hall–Kier alpha value is -2.77. The van der Waals surface area contributed by atoms with Crippen LogP contribution in [0, 0.1) is 5.82 Å². The van der Waals surface area contributed by atoms with Gasteiger partial charge < -0.3 is 19.7 Å². The van der Waals surface area contributed by atoms with E-state index >= 15 is 0 Å². The quantitative estimate of drug-likeness (QED) is 0.630. The third-order valence-electron chi connectivity index (χ3n) is 5.17. The molecule has 1 aromatic carbocycles. The van der Waals surface area contributed by atoms with Gasteiger partial charge in [0, 0.05) is 36.9 Å². The number of rotatable bonds is 6. The van der Waals surface area contributed by atoms with Gasteiger partial charge in [0.15, 0.2) is 5.11 Å². The Labute approximate surface area is 175 Å². The van der Waals surface area contributed by atoms with Crippen molar-refractivity contribution < 1.29 is 4.39 Å². The second-order valence-corrected chi connectivity index (χ2v) is 7.79. The summed E-state index contributed by atoms with van der Waals surface area (Å²) in [6.45, 7) is 1.67. The van der Waals surface area contributed by atoms with Gasteiger partial charge in [0.2, 0.25) is 0 Å². The van der Waals surface area contributed by atoms with Crippen molar-refractivity contribution in [1.82, 2.24) is 24.7 Å². The van der Waals surface area contributed by atoms with Gasteiger partial charge in [0.05, 0.1) is 17.8 Å². The van der Waals surface area contributed by atoms with Crippen LogP contribution in [0.5, 0.6) is 0 Å². The lowest BCUT2D eigenvalue weighted by Crippen LogP contribution is -2.36. The minimum atomic E-state index is -0.245. The third-order valence-corrected chi connectivity index (χ3v) is 5.53. The van der Waals surface area contributed by atoms with E-state index < -0.39 is 0 Å². The van der Waals surface area contributed by atoms with E-state index in [0.29, 0.717) is 0 Å². The van der Waals surface area contributed by atoms with Crippen molar-refractivity contribution >= 4 is 17.3 Å². The number of hydrogen-bond acceptors (Lipinski definition) is 3. The van der Waals surface area contributed by atoms with E-state index in [2.05, 4.69) is 44.8 Å². The number of nitrogens with one attached hydrogen (secondary N) is 1. The zero-order chi connectivity index (χ0) is 20.4. The standard InChI is InChI=1S/C22H24FN5S/c1-26(2)14-15-28-21(20(25-22(28)29)18-6-3-4-12-24-18)19-7-5-13-27(19)17-10-8-16(23)9-11-17/h3-13,20-21H,14-15H2,1-2H3,(H,25,29)/t20-,21-/m0/s1. The maximum Gasteiger partial charge on any atom is 0.170 e. The maximum absolute atomic E-state index is 13.4. The van der Waals surface area contributed by atoms with Gasteiger partial charge in [-0.05, 0) is 74.8 Å². The first-order chi connectivity index (χ1) is 14.0. The van der Waals surface area contributed by atoms with Gasteiger partial charge in [-0.25, -0.2) is 4.39 Å². The summed E-state index contributed by atoms with van der Waals surface area (Å²) in [6.07, 6.45) is 3.81. The van der Waals surface area contributed by atoms with E-state index in [0.717, 1.165) is 35.3 Å². The molecule has 1 saturated heterocycles. The number of halogens is 1. The molecule has 1 fully saturated rings. The zero-order valence-electron chi connectivity index (χ0n) is 16.5. The Morgan fingerprint density at radius 1 is 1.10 bits per heavy atom. The number of thiocarbonyl (C=S) groups is 1. The lowest BCUT2D eigenvalue weighted by molar-refractivity contribution is 0.272. The lowest BCUT2D eigenvalue weighted by Gasteiger charge is -2.29. The van der Waals surface area contributed by atoms with Crippen molar-refractivity contribution in [3.05, 3.63) is 84.2 Å². The zero-order valence-corrected chi connectivity index (χ0v) is 17.3. The number of likely N-dealkylation sites (N-methyl/N-ethyl adjacent to an activating group) is 1. The SMILES string of the molecule is CN(C)CCN1C(=S)N[C@@H](c2ccccn2)[C@@H]1c1cccn1-c1ccc(F)cc1. The second kappa shape index (κ2) is 8.31. The average molecular weight is 410 g/mol. The average Bonchev–Trinajstić information content (AvgIpc) is 3.32. The van der Waals surface area contributed by atoms with Crippen LogP contribution in [0.1, 0.15) is 23.5 Å². The van der Waals surface area contributed by atoms with Gasteiger partial charge in [-0.3, -0.25) is 4.98 Å². The van der Waals surface area contributed by atoms with Gasteiger partial charge >= 0.3 is 0 Å². The van der Waals surface area contributed by atoms with Crippen LogP contribution >= 0.6 is 12.2 Å². The number of benzene rings is 1. The van der Waals surface area contributed by atoms with Crippen molar-refractivity contribution in [2.24, 2.45) is 0 Å². The minimum Gasteiger partial charge on any atom is -0.352 e.